The molecule has 0 amide bonds. The number of aromatic nitrogens is 3. The van der Waals surface area contributed by atoms with Crippen LogP contribution in [0.2, 0.25) is 0 Å². The molecule has 2 saturated heterocycles. The fourth-order valence-electron chi connectivity index (χ4n) is 4.45. The zero-order valence-electron chi connectivity index (χ0n) is 17.6. The summed E-state index contributed by atoms with van der Waals surface area (Å²) in [5.41, 5.74) is 1.93. The number of carbonyl (C=O) groups excluding carboxylic acids is 1. The number of anilines is 2. The number of hydrogen-bond acceptors (Lipinski definition) is 8. The molecule has 2 aromatic heterocycles. The lowest BCUT2D eigenvalue weighted by Crippen LogP contribution is -2.36. The van der Waals surface area contributed by atoms with Gasteiger partial charge in [-0.2, -0.15) is 4.98 Å². The highest BCUT2D eigenvalue weighted by molar-refractivity contribution is 7.22. The van der Waals surface area contributed by atoms with Crippen LogP contribution in [0, 0.1) is 0 Å². The zero-order valence-corrected chi connectivity index (χ0v) is 18.4. The molecule has 1 aromatic carbocycles. The molecule has 8 heteroatoms. The molecule has 2 fully saturated rings. The number of fused-ring (bicyclic) bond motifs is 1. The standard InChI is InChI=1S/C23H27N5O2S/c29-19(10-9-17-6-2-1-3-7-17)18-8-4-12-28(18)23-26-21-20(31-23)22(25-16-24-21)27-11-5-14-30-15-13-27/h1-3,6-7,16,18H,4-5,8-15H2/t18-/m1/s1. The van der Waals surface area contributed by atoms with Gasteiger partial charge >= 0.3 is 0 Å². The Balaban J connectivity index is 1.35. The Morgan fingerprint density at radius 3 is 2.90 bits per heavy atom. The number of nitrogens with zero attached hydrogens (tertiary/aromatic N) is 5. The van der Waals surface area contributed by atoms with Crippen molar-refractivity contribution in [3.63, 3.8) is 0 Å². The summed E-state index contributed by atoms with van der Waals surface area (Å²) in [6.45, 7) is 4.11. The first kappa shape index (κ1) is 20.3. The third-order valence-electron chi connectivity index (χ3n) is 6.06. The van der Waals surface area contributed by atoms with Crippen molar-refractivity contribution in [3.8, 4) is 0 Å². The van der Waals surface area contributed by atoms with Crippen molar-refractivity contribution in [1.82, 2.24) is 15.0 Å². The number of aryl methyl sites for hydroxylation is 1. The maximum absolute atomic E-state index is 13.1. The van der Waals surface area contributed by atoms with Crippen LogP contribution < -0.4 is 9.80 Å². The Kier molecular flexibility index (Phi) is 6.08. The van der Waals surface area contributed by atoms with Crippen LogP contribution in [0.3, 0.4) is 0 Å². The third kappa shape index (κ3) is 4.41. The van der Waals surface area contributed by atoms with Crippen molar-refractivity contribution in [3.05, 3.63) is 42.2 Å². The van der Waals surface area contributed by atoms with E-state index in [0.717, 1.165) is 73.2 Å². The van der Waals surface area contributed by atoms with Gasteiger partial charge in [-0.1, -0.05) is 41.7 Å². The summed E-state index contributed by atoms with van der Waals surface area (Å²) in [6, 6.07) is 10.1. The summed E-state index contributed by atoms with van der Waals surface area (Å²) in [7, 11) is 0. The quantitative estimate of drug-likeness (QED) is 0.585. The number of ketones is 1. The van der Waals surface area contributed by atoms with Crippen LogP contribution in [0.5, 0.6) is 0 Å². The van der Waals surface area contributed by atoms with Gasteiger partial charge in [0.05, 0.1) is 12.6 Å². The van der Waals surface area contributed by atoms with Gasteiger partial charge in [-0.25, -0.2) is 9.97 Å². The number of Topliss-reactive ketones (excluding diaryl/α,β-unsaturated/α-hetero) is 1. The molecule has 2 aliphatic rings. The van der Waals surface area contributed by atoms with Crippen LogP contribution in [0.4, 0.5) is 10.9 Å². The van der Waals surface area contributed by atoms with E-state index in [2.05, 4.69) is 31.9 Å². The highest BCUT2D eigenvalue weighted by Gasteiger charge is 2.33. The van der Waals surface area contributed by atoms with Gasteiger partial charge in [0, 0.05) is 32.7 Å². The van der Waals surface area contributed by atoms with E-state index in [9.17, 15) is 4.79 Å². The van der Waals surface area contributed by atoms with Crippen LogP contribution in [0.25, 0.3) is 10.3 Å². The van der Waals surface area contributed by atoms with Gasteiger partial charge in [0.15, 0.2) is 22.4 Å². The summed E-state index contributed by atoms with van der Waals surface area (Å²) in [6.07, 6.45) is 5.84. The molecule has 162 valence electrons. The number of benzene rings is 1. The molecule has 0 unspecified atom stereocenters. The number of hydrogen-bond donors (Lipinski definition) is 0. The largest absolute Gasteiger partial charge is 0.380 e. The lowest BCUT2D eigenvalue weighted by atomic mass is 10.0. The number of rotatable bonds is 6. The molecular formula is C23H27N5O2S. The van der Waals surface area contributed by atoms with E-state index in [-0.39, 0.29) is 6.04 Å². The second-order valence-electron chi connectivity index (χ2n) is 8.10. The van der Waals surface area contributed by atoms with E-state index >= 15 is 0 Å². The van der Waals surface area contributed by atoms with Crippen molar-refractivity contribution in [2.45, 2.75) is 38.1 Å². The maximum Gasteiger partial charge on any atom is 0.188 e. The van der Waals surface area contributed by atoms with Gasteiger partial charge in [0.25, 0.3) is 0 Å². The summed E-state index contributed by atoms with van der Waals surface area (Å²) in [5.74, 6) is 1.24. The first-order valence-electron chi connectivity index (χ1n) is 11.1. The van der Waals surface area contributed by atoms with Crippen LogP contribution in [-0.4, -0.2) is 59.6 Å². The average Bonchev–Trinajstić information content (AvgIpc) is 3.38. The molecule has 0 bridgehead atoms. The summed E-state index contributed by atoms with van der Waals surface area (Å²) < 4.78 is 6.60. The minimum Gasteiger partial charge on any atom is -0.380 e. The van der Waals surface area contributed by atoms with Crippen LogP contribution >= 0.6 is 11.3 Å². The topological polar surface area (TPSA) is 71.5 Å². The van der Waals surface area contributed by atoms with Crippen molar-refractivity contribution in [1.29, 1.82) is 0 Å². The molecule has 0 radical (unpaired) electrons. The van der Waals surface area contributed by atoms with Gasteiger partial charge in [0.2, 0.25) is 0 Å². The monoisotopic (exact) mass is 437 g/mol. The molecule has 4 heterocycles. The van der Waals surface area contributed by atoms with E-state index in [1.807, 2.05) is 18.2 Å². The molecule has 3 aromatic rings. The summed E-state index contributed by atoms with van der Waals surface area (Å²) in [5, 5.41) is 0.887. The van der Waals surface area contributed by atoms with Gasteiger partial charge in [0.1, 0.15) is 11.0 Å². The Morgan fingerprint density at radius 2 is 2.00 bits per heavy atom. The van der Waals surface area contributed by atoms with E-state index in [4.69, 9.17) is 9.72 Å². The van der Waals surface area contributed by atoms with Crippen molar-refractivity contribution in [2.75, 3.05) is 42.6 Å². The summed E-state index contributed by atoms with van der Waals surface area (Å²) in [4.78, 5) is 31.3. The van der Waals surface area contributed by atoms with E-state index in [1.54, 1.807) is 17.7 Å². The second-order valence-corrected chi connectivity index (χ2v) is 9.08. The lowest BCUT2D eigenvalue weighted by molar-refractivity contribution is -0.120. The Hall–Kier alpha value is -2.58. The molecule has 7 nitrogen and oxygen atoms in total. The Bertz CT molecular complexity index is 1030. The predicted octanol–water partition coefficient (Wildman–Crippen LogP) is 3.48. The lowest BCUT2D eigenvalue weighted by Gasteiger charge is -2.23. The first-order valence-corrected chi connectivity index (χ1v) is 11.9. The van der Waals surface area contributed by atoms with Gasteiger partial charge < -0.3 is 14.5 Å². The van der Waals surface area contributed by atoms with Crippen LogP contribution in [0.1, 0.15) is 31.2 Å². The van der Waals surface area contributed by atoms with E-state index in [1.165, 1.54) is 5.56 Å². The predicted molar refractivity (Wildman–Crippen MR) is 123 cm³/mol. The van der Waals surface area contributed by atoms with Crippen molar-refractivity contribution >= 4 is 38.4 Å². The number of thiazole rings is 1. The minimum atomic E-state index is -0.0905. The average molecular weight is 438 g/mol. The normalized spacial score (nSPS) is 19.7. The zero-order chi connectivity index (χ0) is 21.0. The molecule has 1 atom stereocenters. The number of carbonyl (C=O) groups is 1. The van der Waals surface area contributed by atoms with Crippen LogP contribution in [0.15, 0.2) is 36.7 Å². The SMILES string of the molecule is O=C(CCc1ccccc1)[C@H]1CCCN1c1nc2ncnc(N3CCCOCC3)c2s1. The second kappa shape index (κ2) is 9.28. The van der Waals surface area contributed by atoms with E-state index < -0.39 is 0 Å². The van der Waals surface area contributed by atoms with Crippen molar-refractivity contribution in [2.24, 2.45) is 0 Å². The third-order valence-corrected chi connectivity index (χ3v) is 7.13. The van der Waals surface area contributed by atoms with E-state index in [0.29, 0.717) is 18.8 Å². The first-order chi connectivity index (χ1) is 15.3. The molecule has 0 aliphatic carbocycles. The van der Waals surface area contributed by atoms with Crippen LogP contribution in [-0.2, 0) is 16.0 Å². The molecule has 0 N–H and O–H groups in total. The highest BCUT2D eigenvalue weighted by Crippen LogP contribution is 2.37. The number of ether oxygens (including phenoxy) is 1. The fourth-order valence-corrected chi connectivity index (χ4v) is 5.56. The van der Waals surface area contributed by atoms with Gasteiger partial charge in [-0.3, -0.25) is 4.79 Å². The molecular weight excluding hydrogens is 410 g/mol. The minimum absolute atomic E-state index is 0.0905. The van der Waals surface area contributed by atoms with Crippen molar-refractivity contribution < 1.29 is 9.53 Å². The fraction of sp³-hybridized carbons (Fsp3) is 0.478. The molecule has 2 aliphatic heterocycles. The Morgan fingerprint density at radius 1 is 1.10 bits per heavy atom. The molecule has 31 heavy (non-hydrogen) atoms. The maximum atomic E-state index is 13.1. The molecule has 0 saturated carbocycles. The van der Waals surface area contributed by atoms with Gasteiger partial charge in [-0.05, 0) is 31.2 Å². The Labute approximate surface area is 186 Å². The molecule has 0 spiro atoms. The smallest absolute Gasteiger partial charge is 0.188 e. The highest BCUT2D eigenvalue weighted by atomic mass is 32.1. The summed E-state index contributed by atoms with van der Waals surface area (Å²) >= 11 is 1.61. The van der Waals surface area contributed by atoms with Gasteiger partial charge in [-0.15, -0.1) is 0 Å². The molecule has 5 rings (SSSR count).